The molecule has 7 nitrogen and oxygen atoms in total. The van der Waals surface area contributed by atoms with Crippen molar-refractivity contribution in [2.24, 2.45) is 0 Å². The molecule has 0 aliphatic heterocycles. The molecule has 0 fully saturated rings. The second kappa shape index (κ2) is 10.7. The average molecular weight is 550 g/mol. The van der Waals surface area contributed by atoms with Crippen molar-refractivity contribution in [3.8, 4) is 5.75 Å². The van der Waals surface area contributed by atoms with Crippen LogP contribution in [0.5, 0.6) is 5.75 Å². The number of thioether (sulfide) groups is 1. The number of halogens is 1. The Morgan fingerprint density at radius 2 is 1.84 bits per heavy atom. The lowest BCUT2D eigenvalue weighted by molar-refractivity contribution is 0.289. The zero-order valence-electron chi connectivity index (χ0n) is 20.0. The fourth-order valence-corrected chi connectivity index (χ4v) is 6.70. The molecule has 6 rings (SSSR count). The third-order valence-electron chi connectivity index (χ3n) is 6.32. The van der Waals surface area contributed by atoms with E-state index in [1.54, 1.807) is 33.9 Å². The van der Waals surface area contributed by atoms with Crippen molar-refractivity contribution in [2.45, 2.75) is 49.7 Å². The van der Waals surface area contributed by atoms with Crippen LogP contribution in [0.3, 0.4) is 0 Å². The summed E-state index contributed by atoms with van der Waals surface area (Å²) < 4.78 is 9.82. The molecule has 0 N–H and O–H groups in total. The summed E-state index contributed by atoms with van der Waals surface area (Å²) in [6.07, 6.45) is 4.30. The summed E-state index contributed by atoms with van der Waals surface area (Å²) in [6, 6.07) is 19.1. The smallest absolute Gasteiger partial charge is 0.259 e. The first-order chi connectivity index (χ1) is 18.1. The van der Waals surface area contributed by atoms with Crippen molar-refractivity contribution < 1.29 is 4.74 Å². The van der Waals surface area contributed by atoms with Gasteiger partial charge in [0.25, 0.3) is 5.56 Å². The van der Waals surface area contributed by atoms with E-state index >= 15 is 0 Å². The minimum absolute atomic E-state index is 0.00260. The number of ether oxygens (including phenoxy) is 1. The largest absolute Gasteiger partial charge is 0.486 e. The number of aryl methyl sites for hydroxylation is 2. The van der Waals surface area contributed by atoms with Gasteiger partial charge in [-0.25, -0.2) is 4.98 Å². The van der Waals surface area contributed by atoms with Crippen LogP contribution < -0.4 is 10.3 Å². The highest BCUT2D eigenvalue weighted by Crippen LogP contribution is 2.29. The first-order valence-corrected chi connectivity index (χ1v) is 14.3. The monoisotopic (exact) mass is 549 g/mol. The molecule has 1 aliphatic rings. The molecule has 3 aromatic heterocycles. The maximum absolute atomic E-state index is 13.0. The van der Waals surface area contributed by atoms with E-state index in [-0.39, 0.29) is 12.2 Å². The molecule has 2 aromatic carbocycles. The van der Waals surface area contributed by atoms with Crippen LogP contribution in [0.1, 0.15) is 40.5 Å². The van der Waals surface area contributed by atoms with Gasteiger partial charge in [0.15, 0.2) is 15.9 Å². The van der Waals surface area contributed by atoms with E-state index in [1.165, 1.54) is 23.1 Å². The lowest BCUT2D eigenvalue weighted by Crippen LogP contribution is -2.17. The minimum Gasteiger partial charge on any atom is -0.486 e. The molecule has 5 aromatic rings. The Labute approximate surface area is 227 Å². The van der Waals surface area contributed by atoms with Crippen LogP contribution in [-0.4, -0.2) is 24.1 Å². The zero-order chi connectivity index (χ0) is 25.2. The lowest BCUT2D eigenvalue weighted by atomic mass is 10.0. The van der Waals surface area contributed by atoms with E-state index in [2.05, 4.69) is 26.9 Å². The van der Waals surface area contributed by atoms with Gasteiger partial charge in [0.1, 0.15) is 12.4 Å². The molecule has 0 radical (unpaired) electrons. The van der Waals surface area contributed by atoms with Crippen molar-refractivity contribution in [3.05, 3.63) is 104 Å². The van der Waals surface area contributed by atoms with Crippen LogP contribution >= 0.6 is 34.7 Å². The first kappa shape index (κ1) is 24.2. The molecule has 0 amide bonds. The van der Waals surface area contributed by atoms with Crippen molar-refractivity contribution >= 4 is 39.7 Å². The minimum atomic E-state index is 0.00260. The summed E-state index contributed by atoms with van der Waals surface area (Å²) in [5.74, 6) is 1.96. The summed E-state index contributed by atoms with van der Waals surface area (Å²) >= 11 is 9.17. The molecule has 3 heterocycles. The second-order valence-electron chi connectivity index (χ2n) is 8.88. The van der Waals surface area contributed by atoms with Gasteiger partial charge in [-0.2, -0.15) is 0 Å². The quantitative estimate of drug-likeness (QED) is 0.228. The van der Waals surface area contributed by atoms with Crippen molar-refractivity contribution in [2.75, 3.05) is 0 Å². The summed E-state index contributed by atoms with van der Waals surface area (Å²) in [7, 11) is 0. The molecule has 37 heavy (non-hydrogen) atoms. The number of fused-ring (bicyclic) bond motifs is 3. The molecular formula is C27H24ClN5O2S2. The highest BCUT2D eigenvalue weighted by atomic mass is 35.5. The first-order valence-electron chi connectivity index (χ1n) is 12.1. The third-order valence-corrected chi connectivity index (χ3v) is 8.72. The standard InChI is InChI=1S/C27H24ClN5O2S2/c28-19-10-12-21(13-11-19)35-16-24-30-31-27(32(24)15-18-6-2-1-3-7-18)36-17-20-14-25(34)33-22-8-4-5-9-23(22)37-26(33)29-20/h1-3,6-7,10-14H,4-5,8-9,15-17H2. The number of nitrogens with zero attached hydrogens (tertiary/aromatic N) is 5. The molecule has 10 heteroatoms. The Morgan fingerprint density at radius 3 is 2.68 bits per heavy atom. The SMILES string of the molecule is O=c1cc(CSc2nnc(COc3ccc(Cl)cc3)n2Cc2ccccc2)nc2sc3c(n12)CCCC3. The Morgan fingerprint density at radius 1 is 1.03 bits per heavy atom. The normalized spacial score (nSPS) is 13.1. The van der Waals surface area contributed by atoms with Crippen LogP contribution in [0, 0.1) is 0 Å². The lowest BCUT2D eigenvalue weighted by Gasteiger charge is -2.11. The molecule has 188 valence electrons. The Balaban J connectivity index is 1.24. The molecule has 0 spiro atoms. The number of hydrogen-bond donors (Lipinski definition) is 0. The number of benzene rings is 2. The number of aromatic nitrogens is 5. The fourth-order valence-electron chi connectivity index (χ4n) is 4.49. The molecule has 1 aliphatic carbocycles. The summed E-state index contributed by atoms with van der Waals surface area (Å²) in [6.45, 7) is 0.885. The van der Waals surface area contributed by atoms with Crippen molar-refractivity contribution in [3.63, 3.8) is 0 Å². The Hall–Kier alpha value is -3.14. The van der Waals surface area contributed by atoms with Gasteiger partial charge in [-0.1, -0.05) is 53.7 Å². The molecule has 0 atom stereocenters. The summed E-state index contributed by atoms with van der Waals surface area (Å²) in [5.41, 5.74) is 3.04. The maximum atomic E-state index is 13.0. The van der Waals surface area contributed by atoms with Gasteiger partial charge >= 0.3 is 0 Å². The highest BCUT2D eigenvalue weighted by Gasteiger charge is 2.19. The van der Waals surface area contributed by atoms with E-state index in [9.17, 15) is 4.79 Å². The number of thiazole rings is 1. The van der Waals surface area contributed by atoms with Gasteiger partial charge in [0.2, 0.25) is 0 Å². The van der Waals surface area contributed by atoms with E-state index in [4.69, 9.17) is 21.3 Å². The second-order valence-corrected chi connectivity index (χ2v) is 11.3. The highest BCUT2D eigenvalue weighted by molar-refractivity contribution is 7.98. The topological polar surface area (TPSA) is 74.3 Å². The summed E-state index contributed by atoms with van der Waals surface area (Å²) in [4.78, 5) is 19.9. The Bertz CT molecular complexity index is 1600. The molecule has 0 bridgehead atoms. The van der Waals surface area contributed by atoms with Crippen LogP contribution in [0.15, 0.2) is 70.6 Å². The predicted octanol–water partition coefficient (Wildman–Crippen LogP) is 5.80. The molecule has 0 saturated carbocycles. The van der Waals surface area contributed by atoms with E-state index in [0.29, 0.717) is 23.1 Å². The molecule has 0 unspecified atom stereocenters. The maximum Gasteiger partial charge on any atom is 0.259 e. The van der Waals surface area contributed by atoms with E-state index in [1.807, 2.05) is 30.3 Å². The fraction of sp³-hybridized carbons (Fsp3) is 0.259. The Kier molecular flexibility index (Phi) is 6.99. The molecular weight excluding hydrogens is 526 g/mol. The third kappa shape index (κ3) is 5.30. The average Bonchev–Trinajstić information content (AvgIpc) is 3.48. The van der Waals surface area contributed by atoms with Gasteiger partial charge < -0.3 is 4.74 Å². The van der Waals surface area contributed by atoms with E-state index in [0.717, 1.165) is 52.2 Å². The van der Waals surface area contributed by atoms with Gasteiger partial charge in [-0.15, -0.1) is 21.5 Å². The van der Waals surface area contributed by atoms with Crippen LogP contribution in [0.2, 0.25) is 5.02 Å². The predicted molar refractivity (Wildman–Crippen MR) is 147 cm³/mol. The van der Waals surface area contributed by atoms with Crippen molar-refractivity contribution in [1.29, 1.82) is 0 Å². The van der Waals surface area contributed by atoms with E-state index < -0.39 is 0 Å². The van der Waals surface area contributed by atoms with Crippen LogP contribution in [0.25, 0.3) is 4.96 Å². The van der Waals surface area contributed by atoms with Gasteiger partial charge in [-0.05, 0) is 55.5 Å². The summed E-state index contributed by atoms with van der Waals surface area (Å²) in [5, 5.41) is 10.3. The van der Waals surface area contributed by atoms with Crippen LogP contribution in [0.4, 0.5) is 0 Å². The van der Waals surface area contributed by atoms with Crippen molar-refractivity contribution in [1.82, 2.24) is 24.1 Å². The number of hydrogen-bond acceptors (Lipinski definition) is 7. The molecule has 0 saturated heterocycles. The van der Waals surface area contributed by atoms with Gasteiger partial charge in [-0.3, -0.25) is 13.8 Å². The van der Waals surface area contributed by atoms with Crippen LogP contribution in [-0.2, 0) is 31.7 Å². The number of rotatable bonds is 8. The van der Waals surface area contributed by atoms with Gasteiger partial charge in [0.05, 0.1) is 12.2 Å². The zero-order valence-corrected chi connectivity index (χ0v) is 22.4. The van der Waals surface area contributed by atoms with Gasteiger partial charge in [0, 0.05) is 27.4 Å².